The number of nitrogens with one attached hydrogen (secondary N) is 1. The number of halogens is 2. The lowest BCUT2D eigenvalue weighted by molar-refractivity contribution is -0.114. The monoisotopic (exact) mass is 400 g/mol. The molecule has 3 aromatic carbocycles. The van der Waals surface area contributed by atoms with E-state index in [-0.39, 0.29) is 16.3 Å². The van der Waals surface area contributed by atoms with Crippen LogP contribution in [0.3, 0.4) is 0 Å². The molecule has 0 aliphatic carbocycles. The Kier molecular flexibility index (Phi) is 4.35. The largest absolute Gasteiger partial charge is 0.324 e. The van der Waals surface area contributed by atoms with E-state index in [4.69, 9.17) is 0 Å². The van der Waals surface area contributed by atoms with Gasteiger partial charge in [-0.1, -0.05) is 24.3 Å². The van der Waals surface area contributed by atoms with Gasteiger partial charge in [0, 0.05) is 16.8 Å². The Bertz CT molecular complexity index is 1200. The first kappa shape index (κ1) is 18.1. The summed E-state index contributed by atoms with van der Waals surface area (Å²) in [5, 5.41) is 2.47. The Morgan fingerprint density at radius 1 is 0.893 bits per heavy atom. The van der Waals surface area contributed by atoms with Crippen molar-refractivity contribution in [1.29, 1.82) is 0 Å². The second kappa shape index (κ2) is 6.72. The number of fused-ring (bicyclic) bond motifs is 3. The molecule has 1 heterocycles. The van der Waals surface area contributed by atoms with Gasteiger partial charge in [-0.3, -0.25) is 9.10 Å². The fraction of sp³-hybridized carbons (Fsp3) is 0.0500. The minimum absolute atomic E-state index is 0.00773. The van der Waals surface area contributed by atoms with Crippen LogP contribution in [-0.2, 0) is 14.8 Å². The first-order chi connectivity index (χ1) is 13.4. The molecule has 142 valence electrons. The van der Waals surface area contributed by atoms with E-state index in [0.29, 0.717) is 11.1 Å². The van der Waals surface area contributed by atoms with Crippen LogP contribution in [-0.4, -0.2) is 20.9 Å². The summed E-state index contributed by atoms with van der Waals surface area (Å²) in [7, 11) is -4.03. The van der Waals surface area contributed by atoms with Crippen molar-refractivity contribution in [2.45, 2.75) is 4.90 Å². The van der Waals surface area contributed by atoms with E-state index in [2.05, 4.69) is 5.32 Å². The number of nitrogens with zero attached hydrogens (tertiary/aromatic N) is 1. The zero-order valence-corrected chi connectivity index (χ0v) is 15.2. The topological polar surface area (TPSA) is 66.5 Å². The van der Waals surface area contributed by atoms with Crippen LogP contribution in [0.2, 0.25) is 0 Å². The van der Waals surface area contributed by atoms with Gasteiger partial charge in [0.25, 0.3) is 10.0 Å². The van der Waals surface area contributed by atoms with Crippen molar-refractivity contribution in [2.75, 3.05) is 16.2 Å². The Morgan fingerprint density at radius 3 is 2.43 bits per heavy atom. The number of benzene rings is 3. The van der Waals surface area contributed by atoms with Gasteiger partial charge >= 0.3 is 0 Å². The van der Waals surface area contributed by atoms with E-state index in [1.807, 2.05) is 0 Å². The molecule has 28 heavy (non-hydrogen) atoms. The Labute approximate surface area is 160 Å². The molecule has 1 aliphatic heterocycles. The number of anilines is 2. The Hall–Kier alpha value is -3.26. The van der Waals surface area contributed by atoms with E-state index in [1.54, 1.807) is 18.2 Å². The van der Waals surface area contributed by atoms with E-state index in [1.165, 1.54) is 36.4 Å². The molecule has 0 unspecified atom stereocenters. The highest BCUT2D eigenvalue weighted by molar-refractivity contribution is 7.93. The van der Waals surface area contributed by atoms with Gasteiger partial charge in [-0.25, -0.2) is 17.2 Å². The smallest absolute Gasteiger partial charge is 0.265 e. The van der Waals surface area contributed by atoms with Crippen molar-refractivity contribution in [3.63, 3.8) is 0 Å². The first-order valence-electron chi connectivity index (χ1n) is 8.33. The van der Waals surface area contributed by atoms with Crippen LogP contribution in [0.25, 0.3) is 11.1 Å². The molecule has 0 spiro atoms. The molecule has 0 saturated heterocycles. The minimum atomic E-state index is -4.03. The van der Waals surface area contributed by atoms with Gasteiger partial charge in [0.15, 0.2) is 0 Å². The SMILES string of the molecule is O=C(CN1c2ccc(F)cc2-c2ccccc2S1(=O)=O)Nc1cccc(F)c1. The second-order valence-electron chi connectivity index (χ2n) is 6.23. The predicted octanol–water partition coefficient (Wildman–Crippen LogP) is 3.78. The zero-order chi connectivity index (χ0) is 19.9. The van der Waals surface area contributed by atoms with Crippen molar-refractivity contribution < 1.29 is 22.0 Å². The first-order valence-corrected chi connectivity index (χ1v) is 9.77. The molecule has 0 radical (unpaired) electrons. The lowest BCUT2D eigenvalue weighted by Gasteiger charge is -2.31. The normalized spacial score (nSPS) is 14.1. The van der Waals surface area contributed by atoms with E-state index in [0.717, 1.165) is 16.4 Å². The summed E-state index contributed by atoms with van der Waals surface area (Å²) in [6, 6.07) is 15.2. The van der Waals surface area contributed by atoms with Gasteiger partial charge in [-0.05, 0) is 42.5 Å². The highest BCUT2D eigenvalue weighted by atomic mass is 32.2. The van der Waals surface area contributed by atoms with E-state index in [9.17, 15) is 22.0 Å². The molecule has 8 heteroatoms. The molecule has 0 atom stereocenters. The summed E-state index contributed by atoms with van der Waals surface area (Å²) in [6.45, 7) is -0.536. The maximum Gasteiger partial charge on any atom is 0.265 e. The van der Waals surface area contributed by atoms with Crippen LogP contribution in [0.1, 0.15) is 0 Å². The fourth-order valence-electron chi connectivity index (χ4n) is 3.17. The molecule has 1 N–H and O–H groups in total. The fourth-order valence-corrected chi connectivity index (χ4v) is 4.82. The van der Waals surface area contributed by atoms with Crippen LogP contribution < -0.4 is 9.62 Å². The van der Waals surface area contributed by atoms with Gasteiger partial charge in [0.2, 0.25) is 5.91 Å². The van der Waals surface area contributed by atoms with E-state index < -0.39 is 34.1 Å². The van der Waals surface area contributed by atoms with Crippen molar-refractivity contribution >= 4 is 27.3 Å². The van der Waals surface area contributed by atoms with Gasteiger partial charge < -0.3 is 5.32 Å². The molecule has 1 aliphatic rings. The summed E-state index contributed by atoms with van der Waals surface area (Å²) in [5.74, 6) is -1.70. The lowest BCUT2D eigenvalue weighted by atomic mass is 10.0. The number of hydrogen-bond acceptors (Lipinski definition) is 3. The average molecular weight is 400 g/mol. The van der Waals surface area contributed by atoms with Gasteiger partial charge in [0.05, 0.1) is 10.6 Å². The Balaban J connectivity index is 1.74. The van der Waals surface area contributed by atoms with Gasteiger partial charge in [-0.2, -0.15) is 0 Å². The van der Waals surface area contributed by atoms with Crippen molar-refractivity contribution in [3.8, 4) is 11.1 Å². The summed E-state index contributed by atoms with van der Waals surface area (Å²) < 4.78 is 54.2. The quantitative estimate of drug-likeness (QED) is 0.728. The Morgan fingerprint density at radius 2 is 1.64 bits per heavy atom. The standard InChI is InChI=1S/C20H14F2N2O3S/c21-13-4-3-5-15(10-13)23-20(25)12-24-18-9-8-14(22)11-17(18)16-6-1-2-7-19(16)28(24,26)27/h1-11H,12H2,(H,23,25). The number of amides is 1. The van der Waals surface area contributed by atoms with Crippen molar-refractivity contribution in [1.82, 2.24) is 0 Å². The molecule has 0 saturated carbocycles. The van der Waals surface area contributed by atoms with Crippen LogP contribution >= 0.6 is 0 Å². The lowest BCUT2D eigenvalue weighted by Crippen LogP contribution is -2.40. The third-order valence-electron chi connectivity index (χ3n) is 4.37. The second-order valence-corrected chi connectivity index (χ2v) is 8.06. The highest BCUT2D eigenvalue weighted by Gasteiger charge is 2.36. The summed E-state index contributed by atoms with van der Waals surface area (Å²) >= 11 is 0. The summed E-state index contributed by atoms with van der Waals surface area (Å²) in [6.07, 6.45) is 0. The van der Waals surface area contributed by atoms with Crippen LogP contribution in [0.5, 0.6) is 0 Å². The summed E-state index contributed by atoms with van der Waals surface area (Å²) in [5.41, 5.74) is 1.16. The number of carbonyl (C=O) groups excluding carboxylic acids is 1. The van der Waals surface area contributed by atoms with Crippen molar-refractivity contribution in [3.05, 3.63) is 78.4 Å². The van der Waals surface area contributed by atoms with E-state index >= 15 is 0 Å². The summed E-state index contributed by atoms with van der Waals surface area (Å²) in [4.78, 5) is 12.4. The van der Waals surface area contributed by atoms with Crippen LogP contribution in [0.15, 0.2) is 71.6 Å². The molecule has 4 rings (SSSR count). The van der Waals surface area contributed by atoms with Crippen LogP contribution in [0.4, 0.5) is 20.2 Å². The molecular weight excluding hydrogens is 386 g/mol. The molecule has 5 nitrogen and oxygen atoms in total. The third-order valence-corrected chi connectivity index (χ3v) is 6.19. The zero-order valence-electron chi connectivity index (χ0n) is 14.4. The minimum Gasteiger partial charge on any atom is -0.324 e. The third kappa shape index (κ3) is 3.11. The predicted molar refractivity (Wildman–Crippen MR) is 101 cm³/mol. The van der Waals surface area contributed by atoms with Crippen molar-refractivity contribution in [2.24, 2.45) is 0 Å². The number of hydrogen-bond donors (Lipinski definition) is 1. The number of rotatable bonds is 3. The molecule has 0 aromatic heterocycles. The highest BCUT2D eigenvalue weighted by Crippen LogP contribution is 2.43. The number of carbonyl (C=O) groups is 1. The van der Waals surface area contributed by atoms with Gasteiger partial charge in [-0.15, -0.1) is 0 Å². The molecular formula is C20H14F2N2O3S. The average Bonchev–Trinajstić information content (AvgIpc) is 2.65. The number of sulfonamides is 1. The maximum absolute atomic E-state index is 13.8. The maximum atomic E-state index is 13.8. The molecule has 0 bridgehead atoms. The molecule has 0 fully saturated rings. The van der Waals surface area contributed by atoms with Gasteiger partial charge in [0.1, 0.15) is 18.2 Å². The molecule has 3 aromatic rings. The molecule has 1 amide bonds. The van der Waals surface area contributed by atoms with Crippen LogP contribution in [0, 0.1) is 11.6 Å².